The summed E-state index contributed by atoms with van der Waals surface area (Å²) in [5.41, 5.74) is 1.72. The zero-order valence-corrected chi connectivity index (χ0v) is 10.7. The molecule has 0 saturated carbocycles. The van der Waals surface area contributed by atoms with Gasteiger partial charge in [-0.05, 0) is 31.2 Å². The lowest BCUT2D eigenvalue weighted by molar-refractivity contribution is 0.287. The summed E-state index contributed by atoms with van der Waals surface area (Å²) in [5, 5.41) is 3.54. The third kappa shape index (κ3) is 2.46. The van der Waals surface area contributed by atoms with E-state index in [9.17, 15) is 0 Å². The summed E-state index contributed by atoms with van der Waals surface area (Å²) in [6, 6.07) is 0.523. The van der Waals surface area contributed by atoms with Crippen molar-refractivity contribution in [3.63, 3.8) is 0 Å². The molecule has 90 valence electrons. The van der Waals surface area contributed by atoms with E-state index in [4.69, 9.17) is 0 Å². The second kappa shape index (κ2) is 4.58. The molecule has 0 amide bonds. The van der Waals surface area contributed by atoms with E-state index in [1.54, 1.807) is 0 Å². The van der Waals surface area contributed by atoms with Crippen molar-refractivity contribution in [2.24, 2.45) is 5.41 Å². The molecule has 1 fully saturated rings. The molecule has 3 nitrogen and oxygen atoms in total. The van der Waals surface area contributed by atoms with Gasteiger partial charge in [-0.2, -0.15) is 0 Å². The molecule has 2 heterocycles. The first-order valence-electron chi connectivity index (χ1n) is 6.36. The number of aromatic nitrogens is 2. The fourth-order valence-corrected chi connectivity index (χ4v) is 2.26. The van der Waals surface area contributed by atoms with E-state index in [1.165, 1.54) is 25.0 Å². The third-order valence-electron chi connectivity index (χ3n) is 3.72. The van der Waals surface area contributed by atoms with Crippen LogP contribution in [0.4, 0.5) is 0 Å². The van der Waals surface area contributed by atoms with Gasteiger partial charge in [0.1, 0.15) is 0 Å². The molecular formula is C13H23N3. The maximum Gasteiger partial charge on any atom is 0.0948 e. The van der Waals surface area contributed by atoms with Gasteiger partial charge < -0.3 is 9.88 Å². The van der Waals surface area contributed by atoms with Crippen LogP contribution in [0.5, 0.6) is 0 Å². The van der Waals surface area contributed by atoms with E-state index >= 15 is 0 Å². The summed E-state index contributed by atoms with van der Waals surface area (Å²) in [6.07, 6.45) is 7.73. The van der Waals surface area contributed by atoms with Gasteiger partial charge in [0.05, 0.1) is 12.0 Å². The predicted molar refractivity (Wildman–Crippen MR) is 66.3 cm³/mol. The van der Waals surface area contributed by atoms with Crippen LogP contribution in [0.1, 0.15) is 51.8 Å². The Morgan fingerprint density at radius 3 is 3.00 bits per heavy atom. The largest absolute Gasteiger partial charge is 0.333 e. The lowest BCUT2D eigenvalue weighted by atomic mass is 9.90. The molecule has 2 rings (SSSR count). The molecule has 1 aliphatic rings. The second-order valence-electron chi connectivity index (χ2n) is 5.61. The lowest BCUT2D eigenvalue weighted by Crippen LogP contribution is -2.23. The molecule has 1 saturated heterocycles. The molecule has 3 heteroatoms. The number of imidazole rings is 1. The second-order valence-corrected chi connectivity index (χ2v) is 5.61. The minimum Gasteiger partial charge on any atom is -0.333 e. The zero-order chi connectivity index (χ0) is 11.6. The van der Waals surface area contributed by atoms with Crippen LogP contribution in [-0.2, 0) is 6.54 Å². The minimum atomic E-state index is 0.355. The molecule has 0 bridgehead atoms. The van der Waals surface area contributed by atoms with Crippen LogP contribution < -0.4 is 5.32 Å². The number of hydrogen-bond acceptors (Lipinski definition) is 2. The van der Waals surface area contributed by atoms with Crippen molar-refractivity contribution < 1.29 is 0 Å². The fraction of sp³-hybridized carbons (Fsp3) is 0.769. The number of nitrogens with zero attached hydrogens (tertiary/aromatic N) is 2. The van der Waals surface area contributed by atoms with Crippen molar-refractivity contribution in [3.8, 4) is 0 Å². The average Bonchev–Trinajstić information content (AvgIpc) is 2.86. The van der Waals surface area contributed by atoms with Crippen LogP contribution in [-0.4, -0.2) is 16.1 Å². The fourth-order valence-electron chi connectivity index (χ4n) is 2.26. The van der Waals surface area contributed by atoms with Crippen LogP contribution in [0.2, 0.25) is 0 Å². The summed E-state index contributed by atoms with van der Waals surface area (Å²) < 4.78 is 2.33. The highest BCUT2D eigenvalue weighted by atomic mass is 15.1. The summed E-state index contributed by atoms with van der Waals surface area (Å²) in [6.45, 7) is 9.10. The first kappa shape index (κ1) is 11.6. The van der Waals surface area contributed by atoms with Crippen molar-refractivity contribution in [3.05, 3.63) is 18.2 Å². The normalized spacial score (nSPS) is 21.6. The van der Waals surface area contributed by atoms with Gasteiger partial charge in [0.25, 0.3) is 0 Å². The van der Waals surface area contributed by atoms with Gasteiger partial charge in [-0.25, -0.2) is 4.98 Å². The van der Waals surface area contributed by atoms with Gasteiger partial charge in [0, 0.05) is 18.8 Å². The van der Waals surface area contributed by atoms with Crippen molar-refractivity contribution >= 4 is 0 Å². The molecular weight excluding hydrogens is 198 g/mol. The van der Waals surface area contributed by atoms with E-state index in [2.05, 4.69) is 35.6 Å². The molecule has 1 atom stereocenters. The van der Waals surface area contributed by atoms with Crippen molar-refractivity contribution in [2.45, 2.75) is 52.6 Å². The predicted octanol–water partition coefficient (Wildman–Crippen LogP) is 2.74. The van der Waals surface area contributed by atoms with Crippen molar-refractivity contribution in [2.75, 3.05) is 6.54 Å². The van der Waals surface area contributed by atoms with Gasteiger partial charge in [-0.3, -0.25) is 0 Å². The van der Waals surface area contributed by atoms with Crippen LogP contribution in [0.25, 0.3) is 0 Å². The van der Waals surface area contributed by atoms with E-state index in [0.717, 1.165) is 13.1 Å². The Morgan fingerprint density at radius 2 is 2.38 bits per heavy atom. The van der Waals surface area contributed by atoms with Gasteiger partial charge in [0.2, 0.25) is 0 Å². The molecule has 0 radical (unpaired) electrons. The van der Waals surface area contributed by atoms with Crippen molar-refractivity contribution in [1.82, 2.24) is 14.9 Å². The monoisotopic (exact) mass is 221 g/mol. The Balaban J connectivity index is 2.12. The molecule has 1 N–H and O–H groups in total. The lowest BCUT2D eigenvalue weighted by Gasteiger charge is -2.25. The molecule has 1 aromatic heterocycles. The number of nitrogens with one attached hydrogen (secondary N) is 1. The van der Waals surface area contributed by atoms with Crippen molar-refractivity contribution in [1.29, 1.82) is 0 Å². The number of rotatable bonds is 4. The Morgan fingerprint density at radius 1 is 1.56 bits per heavy atom. The van der Waals surface area contributed by atoms with E-state index in [-0.39, 0.29) is 0 Å². The maximum absolute atomic E-state index is 4.31. The Bertz CT molecular complexity index is 335. The molecule has 0 aliphatic carbocycles. The summed E-state index contributed by atoms with van der Waals surface area (Å²) in [7, 11) is 0. The van der Waals surface area contributed by atoms with Gasteiger partial charge in [-0.15, -0.1) is 0 Å². The highest BCUT2D eigenvalue weighted by molar-refractivity contribution is 5.07. The summed E-state index contributed by atoms with van der Waals surface area (Å²) in [4.78, 5) is 4.31. The SMILES string of the molecule is CCC(C)(C)Cn1cncc1C1CCCN1. The minimum absolute atomic E-state index is 0.355. The van der Waals surface area contributed by atoms with Gasteiger partial charge >= 0.3 is 0 Å². The van der Waals surface area contributed by atoms with Crippen LogP contribution in [0.15, 0.2) is 12.5 Å². The smallest absolute Gasteiger partial charge is 0.0948 e. The Labute approximate surface area is 98.3 Å². The standard InChI is InChI=1S/C13H23N3/c1-4-13(2,3)9-16-10-14-8-12(16)11-6-5-7-15-11/h8,10-11,15H,4-7,9H2,1-3H3. The first-order chi connectivity index (χ1) is 7.62. The number of hydrogen-bond donors (Lipinski definition) is 1. The van der Waals surface area contributed by atoms with E-state index in [1.807, 2.05) is 12.5 Å². The van der Waals surface area contributed by atoms with E-state index < -0.39 is 0 Å². The first-order valence-corrected chi connectivity index (χ1v) is 6.36. The molecule has 0 aromatic carbocycles. The van der Waals surface area contributed by atoms with Crippen LogP contribution >= 0.6 is 0 Å². The molecule has 1 aromatic rings. The molecule has 16 heavy (non-hydrogen) atoms. The molecule has 0 spiro atoms. The Hall–Kier alpha value is -0.830. The quantitative estimate of drug-likeness (QED) is 0.847. The molecule has 1 aliphatic heterocycles. The summed E-state index contributed by atoms with van der Waals surface area (Å²) >= 11 is 0. The third-order valence-corrected chi connectivity index (χ3v) is 3.72. The van der Waals surface area contributed by atoms with Gasteiger partial charge in [-0.1, -0.05) is 20.8 Å². The maximum atomic E-state index is 4.31. The average molecular weight is 221 g/mol. The van der Waals surface area contributed by atoms with Gasteiger partial charge in [0.15, 0.2) is 0 Å². The highest BCUT2D eigenvalue weighted by Crippen LogP contribution is 2.27. The van der Waals surface area contributed by atoms with Crippen LogP contribution in [0, 0.1) is 5.41 Å². The highest BCUT2D eigenvalue weighted by Gasteiger charge is 2.23. The summed E-state index contributed by atoms with van der Waals surface area (Å²) in [5.74, 6) is 0. The van der Waals surface area contributed by atoms with E-state index in [0.29, 0.717) is 11.5 Å². The Kier molecular flexibility index (Phi) is 3.33. The molecule has 1 unspecified atom stereocenters. The zero-order valence-electron chi connectivity index (χ0n) is 10.7. The van der Waals surface area contributed by atoms with Crippen LogP contribution in [0.3, 0.4) is 0 Å². The topological polar surface area (TPSA) is 29.9 Å².